The van der Waals surface area contributed by atoms with Crippen LogP contribution in [0.25, 0.3) is 5.69 Å². The van der Waals surface area contributed by atoms with E-state index in [1.54, 1.807) is 25.1 Å². The zero-order valence-corrected chi connectivity index (χ0v) is 9.27. The highest BCUT2D eigenvalue weighted by atomic mass is 35.5. The van der Waals surface area contributed by atoms with Gasteiger partial charge in [0.25, 0.3) is 0 Å². The standard InChI is InChI=1S/C11H9ClN2O2/c1-7-10(11(15)16)6-14(13-7)9-4-2-3-8(12)5-9/h2-6H,1H3,(H,15,16). The van der Waals surface area contributed by atoms with Gasteiger partial charge in [0.2, 0.25) is 0 Å². The zero-order chi connectivity index (χ0) is 11.7. The van der Waals surface area contributed by atoms with Crippen molar-refractivity contribution in [2.45, 2.75) is 6.92 Å². The highest BCUT2D eigenvalue weighted by Gasteiger charge is 2.12. The lowest BCUT2D eigenvalue weighted by Gasteiger charge is -2.00. The molecule has 0 saturated carbocycles. The predicted molar refractivity (Wildman–Crippen MR) is 60.3 cm³/mol. The molecule has 1 aromatic carbocycles. The molecule has 1 aromatic heterocycles. The van der Waals surface area contributed by atoms with E-state index in [2.05, 4.69) is 5.10 Å². The molecule has 0 fully saturated rings. The van der Waals surface area contributed by atoms with E-state index in [1.807, 2.05) is 6.07 Å². The summed E-state index contributed by atoms with van der Waals surface area (Å²) in [4.78, 5) is 10.9. The highest BCUT2D eigenvalue weighted by Crippen LogP contribution is 2.16. The number of carbonyl (C=O) groups is 1. The molecule has 0 radical (unpaired) electrons. The molecule has 0 aliphatic heterocycles. The first-order chi connectivity index (χ1) is 7.58. The lowest BCUT2D eigenvalue weighted by molar-refractivity contribution is 0.0696. The molecule has 4 nitrogen and oxygen atoms in total. The van der Waals surface area contributed by atoms with Crippen molar-refractivity contribution in [3.05, 3.63) is 46.7 Å². The van der Waals surface area contributed by atoms with E-state index in [1.165, 1.54) is 10.9 Å². The highest BCUT2D eigenvalue weighted by molar-refractivity contribution is 6.30. The maximum atomic E-state index is 10.9. The van der Waals surface area contributed by atoms with Gasteiger partial charge in [-0.05, 0) is 25.1 Å². The molecule has 1 heterocycles. The monoisotopic (exact) mass is 236 g/mol. The summed E-state index contributed by atoms with van der Waals surface area (Å²) >= 11 is 5.85. The number of hydrogen-bond donors (Lipinski definition) is 1. The second-order valence-electron chi connectivity index (χ2n) is 3.36. The molecule has 0 unspecified atom stereocenters. The molecule has 0 aliphatic carbocycles. The Labute approximate surface area is 97.1 Å². The van der Waals surface area contributed by atoms with Gasteiger partial charge in [0.15, 0.2) is 0 Å². The Bertz CT molecular complexity index is 549. The van der Waals surface area contributed by atoms with Crippen LogP contribution in [0.4, 0.5) is 0 Å². The Morgan fingerprint density at radius 1 is 1.50 bits per heavy atom. The van der Waals surface area contributed by atoms with Gasteiger partial charge in [0.05, 0.1) is 11.4 Å². The molecule has 0 aliphatic rings. The van der Waals surface area contributed by atoms with Crippen LogP contribution in [0.5, 0.6) is 0 Å². The lowest BCUT2D eigenvalue weighted by Crippen LogP contribution is -1.96. The Morgan fingerprint density at radius 3 is 2.81 bits per heavy atom. The van der Waals surface area contributed by atoms with E-state index < -0.39 is 5.97 Å². The number of hydrogen-bond acceptors (Lipinski definition) is 2. The van der Waals surface area contributed by atoms with Gasteiger partial charge in [-0.25, -0.2) is 9.48 Å². The molecule has 2 rings (SSSR count). The fourth-order valence-electron chi connectivity index (χ4n) is 1.42. The minimum absolute atomic E-state index is 0.194. The van der Waals surface area contributed by atoms with Crippen molar-refractivity contribution in [2.75, 3.05) is 0 Å². The third-order valence-electron chi connectivity index (χ3n) is 2.20. The summed E-state index contributed by atoms with van der Waals surface area (Å²) in [5.41, 5.74) is 1.41. The van der Waals surface area contributed by atoms with Crippen molar-refractivity contribution in [3.8, 4) is 5.69 Å². The summed E-state index contributed by atoms with van der Waals surface area (Å²) in [5, 5.41) is 13.6. The number of halogens is 1. The smallest absolute Gasteiger partial charge is 0.339 e. The number of benzene rings is 1. The van der Waals surface area contributed by atoms with Gasteiger partial charge in [-0.1, -0.05) is 17.7 Å². The maximum absolute atomic E-state index is 10.9. The fraction of sp³-hybridized carbons (Fsp3) is 0.0909. The normalized spacial score (nSPS) is 10.4. The van der Waals surface area contributed by atoms with Crippen LogP contribution in [0, 0.1) is 6.92 Å². The van der Waals surface area contributed by atoms with Gasteiger partial charge in [-0.2, -0.15) is 5.10 Å². The second kappa shape index (κ2) is 3.98. The van der Waals surface area contributed by atoms with Gasteiger partial charge in [0, 0.05) is 11.2 Å². The SMILES string of the molecule is Cc1nn(-c2cccc(Cl)c2)cc1C(=O)O. The number of nitrogens with zero attached hydrogens (tertiary/aromatic N) is 2. The van der Waals surface area contributed by atoms with Gasteiger partial charge < -0.3 is 5.11 Å². The molecule has 0 spiro atoms. The minimum atomic E-state index is -0.981. The number of rotatable bonds is 2. The average molecular weight is 237 g/mol. The van der Waals surface area contributed by atoms with Crippen LogP contribution < -0.4 is 0 Å². The van der Waals surface area contributed by atoms with Crippen molar-refractivity contribution in [1.82, 2.24) is 9.78 Å². The minimum Gasteiger partial charge on any atom is -0.478 e. The summed E-state index contributed by atoms with van der Waals surface area (Å²) in [5.74, 6) is -0.981. The molecule has 0 atom stereocenters. The first kappa shape index (κ1) is 10.7. The third-order valence-corrected chi connectivity index (χ3v) is 2.44. The Balaban J connectivity index is 2.49. The summed E-state index contributed by atoms with van der Waals surface area (Å²) < 4.78 is 1.50. The van der Waals surface area contributed by atoms with E-state index in [-0.39, 0.29) is 5.56 Å². The molecule has 16 heavy (non-hydrogen) atoms. The van der Waals surface area contributed by atoms with Crippen molar-refractivity contribution in [1.29, 1.82) is 0 Å². The molecule has 1 N–H and O–H groups in total. The van der Waals surface area contributed by atoms with Gasteiger partial charge in [0.1, 0.15) is 5.56 Å². The first-order valence-electron chi connectivity index (χ1n) is 4.63. The lowest BCUT2D eigenvalue weighted by atomic mass is 10.3. The van der Waals surface area contributed by atoms with Crippen LogP contribution >= 0.6 is 11.6 Å². The predicted octanol–water partition coefficient (Wildman–Crippen LogP) is 2.53. The number of aromatic nitrogens is 2. The topological polar surface area (TPSA) is 55.1 Å². The van der Waals surface area contributed by atoms with Crippen LogP contribution in [0.15, 0.2) is 30.5 Å². The van der Waals surface area contributed by atoms with Crippen LogP contribution in [0.3, 0.4) is 0 Å². The number of aryl methyl sites for hydroxylation is 1. The van der Waals surface area contributed by atoms with Crippen LogP contribution in [0.1, 0.15) is 16.1 Å². The Morgan fingerprint density at radius 2 is 2.25 bits per heavy atom. The van der Waals surface area contributed by atoms with E-state index >= 15 is 0 Å². The fourth-order valence-corrected chi connectivity index (χ4v) is 1.61. The molecular formula is C11H9ClN2O2. The molecule has 0 amide bonds. The molecular weight excluding hydrogens is 228 g/mol. The van der Waals surface area contributed by atoms with E-state index in [9.17, 15) is 4.79 Å². The zero-order valence-electron chi connectivity index (χ0n) is 8.51. The van der Waals surface area contributed by atoms with E-state index in [0.29, 0.717) is 10.7 Å². The summed E-state index contributed by atoms with van der Waals surface area (Å²) in [6.07, 6.45) is 1.48. The molecule has 82 valence electrons. The number of carboxylic acid groups (broad SMARTS) is 1. The van der Waals surface area contributed by atoms with Crippen LogP contribution in [-0.2, 0) is 0 Å². The van der Waals surface area contributed by atoms with Crippen molar-refractivity contribution >= 4 is 17.6 Å². The number of aromatic carboxylic acids is 1. The van der Waals surface area contributed by atoms with Gasteiger partial charge in [-0.15, -0.1) is 0 Å². The third kappa shape index (κ3) is 1.92. The van der Waals surface area contributed by atoms with Crippen molar-refractivity contribution in [3.63, 3.8) is 0 Å². The molecule has 2 aromatic rings. The van der Waals surface area contributed by atoms with Crippen LogP contribution in [0.2, 0.25) is 5.02 Å². The van der Waals surface area contributed by atoms with Crippen LogP contribution in [-0.4, -0.2) is 20.9 Å². The maximum Gasteiger partial charge on any atom is 0.339 e. The van der Waals surface area contributed by atoms with Gasteiger partial charge in [-0.3, -0.25) is 0 Å². The second-order valence-corrected chi connectivity index (χ2v) is 3.79. The first-order valence-corrected chi connectivity index (χ1v) is 5.01. The average Bonchev–Trinajstić information content (AvgIpc) is 2.60. The molecule has 0 saturated heterocycles. The largest absolute Gasteiger partial charge is 0.478 e. The van der Waals surface area contributed by atoms with Gasteiger partial charge >= 0.3 is 5.97 Å². The Hall–Kier alpha value is -1.81. The molecule has 5 heteroatoms. The van der Waals surface area contributed by atoms with E-state index in [0.717, 1.165) is 5.69 Å². The summed E-state index contributed by atoms with van der Waals surface area (Å²) in [7, 11) is 0. The van der Waals surface area contributed by atoms with Crippen molar-refractivity contribution < 1.29 is 9.90 Å². The van der Waals surface area contributed by atoms with Crippen molar-refractivity contribution in [2.24, 2.45) is 0 Å². The quantitative estimate of drug-likeness (QED) is 0.872. The summed E-state index contributed by atoms with van der Waals surface area (Å²) in [6.45, 7) is 1.66. The molecule has 0 bridgehead atoms. The van der Waals surface area contributed by atoms with E-state index in [4.69, 9.17) is 16.7 Å². The summed E-state index contributed by atoms with van der Waals surface area (Å²) in [6, 6.07) is 7.07. The Kier molecular flexibility index (Phi) is 2.66. The number of carboxylic acids is 1.